The van der Waals surface area contributed by atoms with E-state index in [9.17, 15) is 9.59 Å². The molecule has 1 spiro atoms. The van der Waals surface area contributed by atoms with Crippen molar-refractivity contribution in [3.63, 3.8) is 0 Å². The van der Waals surface area contributed by atoms with E-state index in [1.807, 2.05) is 48.5 Å². The summed E-state index contributed by atoms with van der Waals surface area (Å²) in [5, 5.41) is 8.08. The summed E-state index contributed by atoms with van der Waals surface area (Å²) in [6.07, 6.45) is 7.20. The van der Waals surface area contributed by atoms with Crippen molar-refractivity contribution in [2.75, 3.05) is 16.8 Å². The zero-order valence-electron chi connectivity index (χ0n) is 16.2. The lowest BCUT2D eigenvalue weighted by molar-refractivity contribution is -0.126. The Morgan fingerprint density at radius 3 is 2.77 bits per heavy atom. The fraction of sp³-hybridized carbons (Fsp3) is 0.130. The first-order valence-corrected chi connectivity index (χ1v) is 10.5. The van der Waals surface area contributed by atoms with Crippen LogP contribution in [0.5, 0.6) is 0 Å². The van der Waals surface area contributed by atoms with Crippen LogP contribution in [0, 0.1) is 12.3 Å². The average Bonchev–Trinajstić information content (AvgIpc) is 3.45. The number of nitrogens with zero attached hydrogens (tertiary/aromatic N) is 4. The normalized spacial score (nSPS) is 19.4. The summed E-state index contributed by atoms with van der Waals surface area (Å²) in [6, 6.07) is 15.3. The van der Waals surface area contributed by atoms with Crippen molar-refractivity contribution < 1.29 is 9.59 Å². The van der Waals surface area contributed by atoms with E-state index >= 15 is 0 Å². The van der Waals surface area contributed by atoms with E-state index in [4.69, 9.17) is 6.42 Å². The summed E-state index contributed by atoms with van der Waals surface area (Å²) in [5.41, 5.74) is 1.86. The van der Waals surface area contributed by atoms with Gasteiger partial charge in [-0.05, 0) is 23.8 Å². The molecule has 0 saturated heterocycles. The molecule has 4 heterocycles. The van der Waals surface area contributed by atoms with Gasteiger partial charge in [-0.2, -0.15) is 9.78 Å². The summed E-state index contributed by atoms with van der Waals surface area (Å²) >= 11 is 1.47. The Morgan fingerprint density at radius 2 is 1.94 bits per heavy atom. The maximum Gasteiger partial charge on any atom is 0.243 e. The van der Waals surface area contributed by atoms with Crippen LogP contribution in [0.25, 0.3) is 15.3 Å². The molecule has 8 heteroatoms. The van der Waals surface area contributed by atoms with Gasteiger partial charge in [0.05, 0.1) is 23.0 Å². The Kier molecular flexibility index (Phi) is 3.61. The third kappa shape index (κ3) is 2.29. The Hall–Kier alpha value is -3.96. The molecule has 31 heavy (non-hydrogen) atoms. The Labute approximate surface area is 181 Å². The molecule has 4 aromatic rings. The summed E-state index contributed by atoms with van der Waals surface area (Å²) in [6.45, 7) is 0.139. The summed E-state index contributed by atoms with van der Waals surface area (Å²) in [4.78, 5) is 32.8. The summed E-state index contributed by atoms with van der Waals surface area (Å²) < 4.78 is 2.62. The smallest absolute Gasteiger partial charge is 0.243 e. The number of para-hydroxylation sites is 2. The molecule has 0 fully saturated rings. The van der Waals surface area contributed by atoms with Crippen molar-refractivity contribution in [1.29, 1.82) is 0 Å². The van der Waals surface area contributed by atoms with Crippen molar-refractivity contribution in [3.8, 4) is 17.5 Å². The van der Waals surface area contributed by atoms with Gasteiger partial charge in [-0.1, -0.05) is 47.6 Å². The van der Waals surface area contributed by atoms with Gasteiger partial charge in [0.15, 0.2) is 0 Å². The number of carbonyl (C=O) groups excluding carboxylic acids is 2. The van der Waals surface area contributed by atoms with Gasteiger partial charge in [0.1, 0.15) is 11.2 Å². The van der Waals surface area contributed by atoms with Gasteiger partial charge in [0.2, 0.25) is 16.9 Å². The van der Waals surface area contributed by atoms with Gasteiger partial charge in [-0.15, -0.1) is 6.42 Å². The number of anilines is 2. The highest BCUT2D eigenvalue weighted by molar-refractivity contribution is 7.20. The maximum atomic E-state index is 13.7. The van der Waals surface area contributed by atoms with Gasteiger partial charge in [-0.25, -0.2) is 4.98 Å². The predicted octanol–water partition coefficient (Wildman–Crippen LogP) is 3.09. The summed E-state index contributed by atoms with van der Waals surface area (Å²) in [7, 11) is 0. The van der Waals surface area contributed by atoms with Crippen molar-refractivity contribution >= 4 is 44.9 Å². The molecule has 1 atom stereocenters. The molecular weight excluding hydrogens is 410 g/mol. The van der Waals surface area contributed by atoms with Gasteiger partial charge in [-0.3, -0.25) is 14.5 Å². The van der Waals surface area contributed by atoms with Crippen LogP contribution in [-0.4, -0.2) is 33.1 Å². The molecule has 2 aliphatic rings. The van der Waals surface area contributed by atoms with E-state index < -0.39 is 5.41 Å². The number of fused-ring (bicyclic) bond motifs is 5. The number of hydrogen-bond acceptors (Lipinski definition) is 5. The van der Waals surface area contributed by atoms with Crippen molar-refractivity contribution in [1.82, 2.24) is 14.8 Å². The highest BCUT2D eigenvalue weighted by atomic mass is 32.1. The molecule has 0 aliphatic carbocycles. The highest BCUT2D eigenvalue weighted by Crippen LogP contribution is 2.52. The Bertz CT molecular complexity index is 1410. The first kappa shape index (κ1) is 17.9. The molecule has 0 unspecified atom stereocenters. The molecule has 2 aromatic carbocycles. The van der Waals surface area contributed by atoms with E-state index in [2.05, 4.69) is 21.3 Å². The van der Waals surface area contributed by atoms with E-state index in [1.54, 1.807) is 15.8 Å². The minimum atomic E-state index is -1.15. The van der Waals surface area contributed by atoms with Gasteiger partial charge in [0.25, 0.3) is 0 Å². The minimum absolute atomic E-state index is 0.00244. The zero-order valence-corrected chi connectivity index (χ0v) is 17.0. The van der Waals surface area contributed by atoms with E-state index in [0.717, 1.165) is 21.5 Å². The molecule has 2 amide bonds. The van der Waals surface area contributed by atoms with Crippen molar-refractivity contribution in [2.24, 2.45) is 0 Å². The maximum absolute atomic E-state index is 13.7. The van der Waals surface area contributed by atoms with Crippen LogP contribution in [0.4, 0.5) is 11.5 Å². The Balaban J connectivity index is 1.59. The lowest BCUT2D eigenvalue weighted by Gasteiger charge is -2.32. The third-order valence-corrected chi connectivity index (χ3v) is 6.90. The lowest BCUT2D eigenvalue weighted by Crippen LogP contribution is -2.46. The van der Waals surface area contributed by atoms with Gasteiger partial charge in [0, 0.05) is 17.7 Å². The first-order chi connectivity index (χ1) is 15.1. The lowest BCUT2D eigenvalue weighted by atomic mass is 9.72. The van der Waals surface area contributed by atoms with E-state index in [1.165, 1.54) is 11.3 Å². The van der Waals surface area contributed by atoms with Crippen molar-refractivity contribution in [2.45, 2.75) is 11.8 Å². The second kappa shape index (κ2) is 6.27. The number of aromatic nitrogens is 3. The molecule has 150 valence electrons. The highest BCUT2D eigenvalue weighted by Gasteiger charge is 2.57. The fourth-order valence-corrected chi connectivity index (χ4v) is 5.52. The van der Waals surface area contributed by atoms with Crippen LogP contribution in [0.3, 0.4) is 0 Å². The quantitative estimate of drug-likeness (QED) is 0.501. The Morgan fingerprint density at radius 1 is 1.13 bits per heavy atom. The molecule has 1 N–H and O–H groups in total. The number of thiazole rings is 1. The average molecular weight is 425 g/mol. The fourth-order valence-electron chi connectivity index (χ4n) is 4.59. The van der Waals surface area contributed by atoms with Crippen LogP contribution in [0.1, 0.15) is 17.5 Å². The van der Waals surface area contributed by atoms with Crippen molar-refractivity contribution in [3.05, 3.63) is 65.9 Å². The van der Waals surface area contributed by atoms with Crippen LogP contribution in [0.2, 0.25) is 0 Å². The molecule has 6 rings (SSSR count). The van der Waals surface area contributed by atoms with Gasteiger partial charge < -0.3 is 5.32 Å². The number of carbonyl (C=O) groups is 2. The zero-order chi connectivity index (χ0) is 21.2. The minimum Gasteiger partial charge on any atom is -0.310 e. The largest absolute Gasteiger partial charge is 0.310 e. The number of hydrogen-bond donors (Lipinski definition) is 1. The monoisotopic (exact) mass is 425 g/mol. The van der Waals surface area contributed by atoms with E-state index in [-0.39, 0.29) is 24.8 Å². The number of benzene rings is 2. The molecule has 0 saturated carbocycles. The number of rotatable bonds is 2. The number of nitrogens with one attached hydrogen (secondary N) is 1. The number of terminal acetylenes is 1. The van der Waals surface area contributed by atoms with Crippen LogP contribution in [0.15, 0.2) is 54.7 Å². The summed E-state index contributed by atoms with van der Waals surface area (Å²) in [5.74, 6) is 2.58. The topological polar surface area (TPSA) is 80.1 Å². The number of amides is 2. The predicted molar refractivity (Wildman–Crippen MR) is 118 cm³/mol. The molecular formula is C23H15N5O2S. The van der Waals surface area contributed by atoms with Crippen LogP contribution in [-0.2, 0) is 15.0 Å². The third-order valence-electron chi connectivity index (χ3n) is 5.89. The second-order valence-corrected chi connectivity index (χ2v) is 8.53. The molecule has 0 radical (unpaired) electrons. The molecule has 2 aliphatic heterocycles. The SMILES string of the molecule is C#CCN1C(=O)[C@]2(CC(=O)Nc3c2cnn3-c2nc3ccccc3s2)c2ccccc21. The van der Waals surface area contributed by atoms with Crippen LogP contribution < -0.4 is 10.2 Å². The van der Waals surface area contributed by atoms with Crippen LogP contribution >= 0.6 is 11.3 Å². The molecule has 7 nitrogen and oxygen atoms in total. The standard InChI is InChI=1S/C23H15N5O2S/c1-2-11-27-17-9-5-3-7-14(17)23(21(27)30)12-19(29)26-20-15(23)13-24-28(20)22-25-16-8-4-6-10-18(16)31-22/h1,3-10,13H,11-12H2,(H,26,29)/t23-/m1/s1. The second-order valence-electron chi connectivity index (χ2n) is 7.53. The molecule has 2 aromatic heterocycles. The van der Waals surface area contributed by atoms with E-state index in [0.29, 0.717) is 16.5 Å². The van der Waals surface area contributed by atoms with Gasteiger partial charge >= 0.3 is 0 Å². The molecule has 0 bridgehead atoms. The first-order valence-electron chi connectivity index (χ1n) is 9.73.